The van der Waals surface area contributed by atoms with Crippen LogP contribution in [0.3, 0.4) is 0 Å². The van der Waals surface area contributed by atoms with Crippen molar-refractivity contribution in [3.63, 3.8) is 0 Å². The first-order chi connectivity index (χ1) is 11.3. The summed E-state index contributed by atoms with van der Waals surface area (Å²) in [5, 5.41) is 11.0. The highest BCUT2D eigenvalue weighted by molar-refractivity contribution is 7.92. The van der Waals surface area contributed by atoms with E-state index < -0.39 is 14.9 Å². The number of ether oxygens (including phenoxy) is 2. The Hall–Kier alpha value is -2.81. The summed E-state index contributed by atoms with van der Waals surface area (Å²) in [6, 6.07) is 8.58. The molecule has 0 aromatic heterocycles. The molecule has 0 aliphatic rings. The largest absolute Gasteiger partial charge is 0.494 e. The fourth-order valence-electron chi connectivity index (χ4n) is 2.03. The van der Waals surface area contributed by atoms with Gasteiger partial charge in [-0.1, -0.05) is 17.7 Å². The van der Waals surface area contributed by atoms with Gasteiger partial charge in [0.2, 0.25) is 0 Å². The molecular weight excluding hydrogens is 336 g/mol. The molecule has 1 N–H and O–H groups in total. The summed E-state index contributed by atoms with van der Waals surface area (Å²) in [4.78, 5) is 10.5. The van der Waals surface area contributed by atoms with Crippen molar-refractivity contribution in [2.24, 2.45) is 0 Å². The second-order valence-electron chi connectivity index (χ2n) is 4.90. The van der Waals surface area contributed by atoms with Crippen LogP contribution in [0.25, 0.3) is 0 Å². The lowest BCUT2D eigenvalue weighted by molar-refractivity contribution is -0.385. The van der Waals surface area contributed by atoms with E-state index >= 15 is 0 Å². The summed E-state index contributed by atoms with van der Waals surface area (Å²) < 4.78 is 37.3. The summed E-state index contributed by atoms with van der Waals surface area (Å²) in [6.07, 6.45) is 0. The van der Waals surface area contributed by atoms with Crippen LogP contribution in [-0.4, -0.2) is 27.6 Å². The molecule has 2 rings (SSSR count). The molecule has 2 aromatic carbocycles. The number of hydrogen-bond donors (Lipinski definition) is 1. The van der Waals surface area contributed by atoms with Crippen LogP contribution in [0.15, 0.2) is 41.3 Å². The molecule has 128 valence electrons. The van der Waals surface area contributed by atoms with Gasteiger partial charge in [0, 0.05) is 6.07 Å². The molecule has 0 spiro atoms. The maximum absolute atomic E-state index is 12.5. The third kappa shape index (κ3) is 3.57. The number of sulfonamides is 1. The molecule has 2 aromatic rings. The summed E-state index contributed by atoms with van der Waals surface area (Å²) >= 11 is 0. The number of hydrogen-bond acceptors (Lipinski definition) is 6. The molecule has 0 atom stereocenters. The van der Waals surface area contributed by atoms with E-state index in [0.717, 1.165) is 11.6 Å². The predicted molar refractivity (Wildman–Crippen MR) is 88.2 cm³/mol. The minimum absolute atomic E-state index is 0.0122. The van der Waals surface area contributed by atoms with Gasteiger partial charge in [0.1, 0.15) is 5.75 Å². The number of nitro benzene ring substituents is 1. The van der Waals surface area contributed by atoms with Crippen LogP contribution in [0.1, 0.15) is 5.56 Å². The highest BCUT2D eigenvalue weighted by atomic mass is 32.2. The average Bonchev–Trinajstić information content (AvgIpc) is 2.54. The van der Waals surface area contributed by atoms with Crippen molar-refractivity contribution < 1.29 is 22.8 Å². The Morgan fingerprint density at radius 2 is 1.62 bits per heavy atom. The number of nitro groups is 1. The summed E-state index contributed by atoms with van der Waals surface area (Å²) in [6.45, 7) is 1.84. The predicted octanol–water partition coefficient (Wildman–Crippen LogP) is 2.72. The number of anilines is 1. The lowest BCUT2D eigenvalue weighted by Gasteiger charge is -2.13. The molecule has 0 amide bonds. The highest BCUT2D eigenvalue weighted by Crippen LogP contribution is 2.38. The van der Waals surface area contributed by atoms with Crippen LogP contribution < -0.4 is 14.2 Å². The van der Waals surface area contributed by atoms with E-state index in [4.69, 9.17) is 9.47 Å². The number of methoxy groups -OCH3 is 2. The molecule has 8 nitrogen and oxygen atoms in total. The van der Waals surface area contributed by atoms with E-state index in [-0.39, 0.29) is 27.8 Å². The van der Waals surface area contributed by atoms with Gasteiger partial charge in [0.25, 0.3) is 10.0 Å². The fraction of sp³-hybridized carbons (Fsp3) is 0.200. The van der Waals surface area contributed by atoms with E-state index in [0.29, 0.717) is 0 Å². The van der Waals surface area contributed by atoms with Gasteiger partial charge < -0.3 is 9.47 Å². The molecule has 0 unspecified atom stereocenters. The van der Waals surface area contributed by atoms with Gasteiger partial charge in [0.15, 0.2) is 5.75 Å². The van der Waals surface area contributed by atoms with Crippen molar-refractivity contribution in [3.05, 3.63) is 52.1 Å². The van der Waals surface area contributed by atoms with Crippen molar-refractivity contribution >= 4 is 21.4 Å². The van der Waals surface area contributed by atoms with Crippen LogP contribution in [0.4, 0.5) is 11.4 Å². The Bertz CT molecular complexity index is 862. The number of nitrogens with zero attached hydrogens (tertiary/aromatic N) is 1. The Morgan fingerprint density at radius 3 is 2.12 bits per heavy atom. The number of benzene rings is 2. The number of rotatable bonds is 6. The Kier molecular flexibility index (Phi) is 4.93. The van der Waals surface area contributed by atoms with Gasteiger partial charge in [0.05, 0.1) is 35.8 Å². The van der Waals surface area contributed by atoms with Gasteiger partial charge >= 0.3 is 5.69 Å². The monoisotopic (exact) mass is 352 g/mol. The van der Waals surface area contributed by atoms with Gasteiger partial charge in [-0.25, -0.2) is 8.42 Å². The number of nitrogens with one attached hydrogen (secondary N) is 1. The van der Waals surface area contributed by atoms with Crippen molar-refractivity contribution in [3.8, 4) is 11.5 Å². The Labute approximate surface area is 139 Å². The molecule has 0 aliphatic carbocycles. The second-order valence-corrected chi connectivity index (χ2v) is 6.58. The molecule has 24 heavy (non-hydrogen) atoms. The average molecular weight is 352 g/mol. The lowest BCUT2D eigenvalue weighted by atomic mass is 10.2. The van der Waals surface area contributed by atoms with E-state index in [2.05, 4.69) is 4.72 Å². The van der Waals surface area contributed by atoms with Crippen molar-refractivity contribution in [2.75, 3.05) is 18.9 Å². The first-order valence-corrected chi connectivity index (χ1v) is 8.26. The zero-order valence-electron chi connectivity index (χ0n) is 13.3. The zero-order chi connectivity index (χ0) is 17.9. The minimum Gasteiger partial charge on any atom is -0.494 e. The van der Waals surface area contributed by atoms with Gasteiger partial charge in [-0.15, -0.1) is 0 Å². The molecule has 0 saturated heterocycles. The maximum atomic E-state index is 12.5. The zero-order valence-corrected chi connectivity index (χ0v) is 14.1. The molecule has 0 radical (unpaired) electrons. The Balaban J connectivity index is 2.48. The van der Waals surface area contributed by atoms with Crippen LogP contribution in [0.5, 0.6) is 11.5 Å². The molecule has 0 heterocycles. The topological polar surface area (TPSA) is 108 Å². The normalized spacial score (nSPS) is 11.0. The highest BCUT2D eigenvalue weighted by Gasteiger charge is 2.23. The summed E-state index contributed by atoms with van der Waals surface area (Å²) in [7, 11) is -1.33. The van der Waals surface area contributed by atoms with Crippen molar-refractivity contribution in [2.45, 2.75) is 11.8 Å². The minimum atomic E-state index is -3.88. The van der Waals surface area contributed by atoms with Gasteiger partial charge in [-0.3, -0.25) is 14.8 Å². The van der Waals surface area contributed by atoms with Crippen LogP contribution >= 0.6 is 0 Å². The van der Waals surface area contributed by atoms with Crippen molar-refractivity contribution in [1.82, 2.24) is 0 Å². The van der Waals surface area contributed by atoms with Gasteiger partial charge in [-0.2, -0.15) is 0 Å². The van der Waals surface area contributed by atoms with E-state index in [1.807, 2.05) is 6.92 Å². The fourth-order valence-corrected chi connectivity index (χ4v) is 3.09. The van der Waals surface area contributed by atoms with Crippen LogP contribution in [-0.2, 0) is 10.0 Å². The molecular formula is C15H16N2O6S. The molecule has 0 saturated carbocycles. The third-order valence-corrected chi connectivity index (χ3v) is 4.65. The molecule has 0 fully saturated rings. The first kappa shape index (κ1) is 17.5. The van der Waals surface area contributed by atoms with Gasteiger partial charge in [-0.05, 0) is 19.1 Å². The van der Waals surface area contributed by atoms with Crippen LogP contribution in [0, 0.1) is 17.0 Å². The van der Waals surface area contributed by atoms with Crippen LogP contribution in [0.2, 0.25) is 0 Å². The van der Waals surface area contributed by atoms with Crippen molar-refractivity contribution in [1.29, 1.82) is 0 Å². The Morgan fingerprint density at radius 1 is 1.04 bits per heavy atom. The third-order valence-electron chi connectivity index (χ3n) is 3.27. The lowest BCUT2D eigenvalue weighted by Crippen LogP contribution is -2.14. The molecule has 9 heteroatoms. The van der Waals surface area contributed by atoms with E-state index in [1.54, 1.807) is 12.1 Å². The maximum Gasteiger partial charge on any atom is 0.314 e. The molecule has 0 aliphatic heterocycles. The van der Waals surface area contributed by atoms with E-state index in [1.165, 1.54) is 32.4 Å². The second kappa shape index (κ2) is 6.75. The smallest absolute Gasteiger partial charge is 0.314 e. The quantitative estimate of drug-likeness (QED) is 0.632. The SMILES string of the molecule is COc1cc([N+](=O)[O-])c(OC)cc1NS(=O)(=O)c1ccc(C)cc1. The summed E-state index contributed by atoms with van der Waals surface area (Å²) in [5.74, 6) is -0.0689. The van der Waals surface area contributed by atoms with E-state index in [9.17, 15) is 18.5 Å². The standard InChI is InChI=1S/C15H16N2O6S/c1-10-4-6-11(7-5-10)24(20,21)16-12-8-15(23-3)13(17(18)19)9-14(12)22-2/h4-9,16H,1-3H3. The first-order valence-electron chi connectivity index (χ1n) is 6.78. The number of aryl methyl sites for hydroxylation is 1. The molecule has 0 bridgehead atoms. The summed E-state index contributed by atoms with van der Waals surface area (Å²) in [5.41, 5.74) is 0.636.